The van der Waals surface area contributed by atoms with Crippen LogP contribution in [0.4, 0.5) is 0 Å². The van der Waals surface area contributed by atoms with E-state index in [1.165, 1.54) is 38.5 Å². The standard InChI is InChI=1S/C16H28N2O.ClH/c1-2-3-17-4-5-18-15(19)16-9-12-6-13(10-16)8-14(7-12)11-16;/h12-14,17H,2-11H2,1H3,(H,18,19);1H. The topological polar surface area (TPSA) is 41.1 Å². The van der Waals surface area contributed by atoms with Crippen LogP contribution in [0, 0.1) is 23.2 Å². The molecule has 0 saturated heterocycles. The Morgan fingerprint density at radius 1 is 1.00 bits per heavy atom. The monoisotopic (exact) mass is 300 g/mol. The number of rotatable bonds is 6. The Bertz CT molecular complexity index is 310. The summed E-state index contributed by atoms with van der Waals surface area (Å²) in [4.78, 5) is 12.6. The molecule has 0 aliphatic heterocycles. The van der Waals surface area contributed by atoms with Gasteiger partial charge in [-0.1, -0.05) is 6.92 Å². The van der Waals surface area contributed by atoms with E-state index in [0.717, 1.165) is 43.8 Å². The largest absolute Gasteiger partial charge is 0.354 e. The van der Waals surface area contributed by atoms with Crippen molar-refractivity contribution in [2.24, 2.45) is 23.2 Å². The predicted molar refractivity (Wildman–Crippen MR) is 84.0 cm³/mol. The zero-order valence-electron chi connectivity index (χ0n) is 12.6. The van der Waals surface area contributed by atoms with Gasteiger partial charge in [-0.25, -0.2) is 0 Å². The molecule has 0 atom stereocenters. The molecule has 4 fully saturated rings. The lowest BCUT2D eigenvalue weighted by Crippen LogP contribution is -2.54. The summed E-state index contributed by atoms with van der Waals surface area (Å²) in [6.07, 6.45) is 8.90. The highest BCUT2D eigenvalue weighted by Crippen LogP contribution is 2.60. The van der Waals surface area contributed by atoms with Crippen molar-refractivity contribution in [2.45, 2.75) is 51.9 Å². The summed E-state index contributed by atoms with van der Waals surface area (Å²) in [5, 5.41) is 6.55. The second-order valence-electron chi connectivity index (χ2n) is 7.20. The Morgan fingerprint density at radius 3 is 2.05 bits per heavy atom. The van der Waals surface area contributed by atoms with Gasteiger partial charge in [-0.2, -0.15) is 0 Å². The van der Waals surface area contributed by atoms with E-state index in [1.54, 1.807) is 0 Å². The first-order chi connectivity index (χ1) is 9.22. The van der Waals surface area contributed by atoms with Crippen LogP contribution in [0.1, 0.15) is 51.9 Å². The van der Waals surface area contributed by atoms with E-state index in [1.807, 2.05) is 0 Å². The minimum absolute atomic E-state index is 0. The van der Waals surface area contributed by atoms with Crippen molar-refractivity contribution in [3.8, 4) is 0 Å². The fraction of sp³-hybridized carbons (Fsp3) is 0.938. The summed E-state index contributed by atoms with van der Waals surface area (Å²) in [6, 6.07) is 0. The van der Waals surface area contributed by atoms with Gasteiger partial charge in [0.15, 0.2) is 0 Å². The first-order valence-electron chi connectivity index (χ1n) is 8.21. The number of carbonyl (C=O) groups is 1. The molecule has 4 heteroatoms. The van der Waals surface area contributed by atoms with Gasteiger partial charge < -0.3 is 10.6 Å². The van der Waals surface area contributed by atoms with Crippen molar-refractivity contribution < 1.29 is 4.79 Å². The lowest BCUT2D eigenvalue weighted by atomic mass is 9.49. The molecular formula is C16H29ClN2O. The Labute approximate surface area is 129 Å². The number of halogens is 1. The molecule has 1 amide bonds. The second kappa shape index (κ2) is 6.65. The van der Waals surface area contributed by atoms with Gasteiger partial charge >= 0.3 is 0 Å². The normalized spacial score (nSPS) is 37.5. The SMILES string of the molecule is CCCNCCNC(=O)C12CC3CC(CC(C3)C1)C2.Cl. The first kappa shape index (κ1) is 16.1. The molecule has 0 unspecified atom stereocenters. The third-order valence-electron chi connectivity index (χ3n) is 5.53. The molecule has 2 N–H and O–H groups in total. The Kier molecular flexibility index (Phi) is 5.36. The molecule has 0 spiro atoms. The highest BCUT2D eigenvalue weighted by Gasteiger charge is 2.54. The van der Waals surface area contributed by atoms with Gasteiger partial charge in [0.2, 0.25) is 5.91 Å². The fourth-order valence-corrected chi connectivity index (χ4v) is 5.14. The summed E-state index contributed by atoms with van der Waals surface area (Å²) in [5.41, 5.74) is 0.0273. The highest BCUT2D eigenvalue weighted by atomic mass is 35.5. The van der Waals surface area contributed by atoms with Crippen LogP contribution >= 0.6 is 12.4 Å². The number of nitrogens with one attached hydrogen (secondary N) is 2. The van der Waals surface area contributed by atoms with Crippen LogP contribution in [0.25, 0.3) is 0 Å². The van der Waals surface area contributed by atoms with Crippen LogP contribution in [0.5, 0.6) is 0 Å². The molecular weight excluding hydrogens is 272 g/mol. The predicted octanol–water partition coefficient (Wildman–Crippen LogP) is 2.74. The summed E-state index contributed by atoms with van der Waals surface area (Å²) in [5.74, 6) is 2.94. The quantitative estimate of drug-likeness (QED) is 0.741. The lowest BCUT2D eigenvalue weighted by Gasteiger charge is -2.55. The van der Waals surface area contributed by atoms with E-state index in [2.05, 4.69) is 17.6 Å². The van der Waals surface area contributed by atoms with Gasteiger partial charge in [0.1, 0.15) is 0 Å². The van der Waals surface area contributed by atoms with Crippen molar-refractivity contribution in [3.05, 3.63) is 0 Å². The lowest BCUT2D eigenvalue weighted by molar-refractivity contribution is -0.146. The molecule has 20 heavy (non-hydrogen) atoms. The van der Waals surface area contributed by atoms with Crippen LogP contribution < -0.4 is 10.6 Å². The zero-order chi connectivity index (χ0) is 13.3. The maximum Gasteiger partial charge on any atom is 0.226 e. The van der Waals surface area contributed by atoms with E-state index in [-0.39, 0.29) is 17.8 Å². The Balaban J connectivity index is 0.00000147. The minimum atomic E-state index is 0. The smallest absolute Gasteiger partial charge is 0.226 e. The van der Waals surface area contributed by atoms with Crippen molar-refractivity contribution in [1.82, 2.24) is 10.6 Å². The number of hydrogen-bond acceptors (Lipinski definition) is 2. The van der Waals surface area contributed by atoms with E-state index in [0.29, 0.717) is 5.91 Å². The minimum Gasteiger partial charge on any atom is -0.354 e. The highest BCUT2D eigenvalue weighted by molar-refractivity contribution is 5.85. The average Bonchev–Trinajstić information content (AvgIpc) is 2.36. The molecule has 4 aliphatic rings. The van der Waals surface area contributed by atoms with Gasteiger partial charge in [-0.3, -0.25) is 4.79 Å². The summed E-state index contributed by atoms with van der Waals surface area (Å²) >= 11 is 0. The van der Waals surface area contributed by atoms with E-state index in [4.69, 9.17) is 0 Å². The number of hydrogen-bond donors (Lipinski definition) is 2. The Hall–Kier alpha value is -0.280. The summed E-state index contributed by atoms with van der Waals surface area (Å²) in [7, 11) is 0. The van der Waals surface area contributed by atoms with Crippen molar-refractivity contribution >= 4 is 18.3 Å². The third-order valence-corrected chi connectivity index (χ3v) is 5.53. The molecule has 116 valence electrons. The van der Waals surface area contributed by atoms with Crippen LogP contribution in [0.3, 0.4) is 0 Å². The first-order valence-corrected chi connectivity index (χ1v) is 8.21. The van der Waals surface area contributed by atoms with Crippen molar-refractivity contribution in [1.29, 1.82) is 0 Å². The molecule has 4 aliphatic carbocycles. The maximum absolute atomic E-state index is 12.6. The molecule has 0 radical (unpaired) electrons. The number of carbonyl (C=O) groups excluding carboxylic acids is 1. The van der Waals surface area contributed by atoms with Gasteiger partial charge in [-0.15, -0.1) is 12.4 Å². The average molecular weight is 301 g/mol. The van der Waals surface area contributed by atoms with E-state index < -0.39 is 0 Å². The molecule has 0 aromatic carbocycles. The fourth-order valence-electron chi connectivity index (χ4n) is 5.14. The van der Waals surface area contributed by atoms with Crippen LogP contribution in [-0.2, 0) is 4.79 Å². The third kappa shape index (κ3) is 3.14. The molecule has 3 nitrogen and oxygen atoms in total. The van der Waals surface area contributed by atoms with Crippen LogP contribution in [-0.4, -0.2) is 25.5 Å². The molecule has 4 saturated carbocycles. The zero-order valence-corrected chi connectivity index (χ0v) is 13.4. The number of amides is 1. The second-order valence-corrected chi connectivity index (χ2v) is 7.20. The van der Waals surface area contributed by atoms with Gasteiger partial charge in [0, 0.05) is 18.5 Å². The summed E-state index contributed by atoms with van der Waals surface area (Å²) < 4.78 is 0. The van der Waals surface area contributed by atoms with E-state index >= 15 is 0 Å². The molecule has 0 aromatic rings. The van der Waals surface area contributed by atoms with E-state index in [9.17, 15) is 4.79 Å². The molecule has 4 bridgehead atoms. The van der Waals surface area contributed by atoms with Crippen LogP contribution in [0.2, 0.25) is 0 Å². The van der Waals surface area contributed by atoms with Gasteiger partial charge in [-0.05, 0) is 69.2 Å². The van der Waals surface area contributed by atoms with Crippen molar-refractivity contribution in [3.63, 3.8) is 0 Å². The van der Waals surface area contributed by atoms with Gasteiger partial charge in [0.05, 0.1) is 0 Å². The van der Waals surface area contributed by atoms with Gasteiger partial charge in [0.25, 0.3) is 0 Å². The van der Waals surface area contributed by atoms with Crippen LogP contribution in [0.15, 0.2) is 0 Å². The summed E-state index contributed by atoms with van der Waals surface area (Å²) in [6.45, 7) is 4.92. The molecule has 0 heterocycles. The van der Waals surface area contributed by atoms with Crippen molar-refractivity contribution in [2.75, 3.05) is 19.6 Å². The Morgan fingerprint density at radius 2 is 1.55 bits per heavy atom. The maximum atomic E-state index is 12.6. The molecule has 4 rings (SSSR count). The molecule has 0 aromatic heterocycles.